The van der Waals surface area contributed by atoms with Gasteiger partial charge in [0.05, 0.1) is 5.69 Å². The average molecular weight is 470 g/mol. The molecule has 2 aromatic carbocycles. The number of aromatic amines is 1. The summed E-state index contributed by atoms with van der Waals surface area (Å²) < 4.78 is 0. The minimum absolute atomic E-state index is 0.349. The van der Waals surface area contributed by atoms with Gasteiger partial charge in [-0.05, 0) is 67.5 Å². The molecule has 182 valence electrons. The molecule has 1 saturated heterocycles. The Balaban J connectivity index is 1.34. The predicted molar refractivity (Wildman–Crippen MR) is 145 cm³/mol. The topological polar surface area (TPSA) is 105 Å². The summed E-state index contributed by atoms with van der Waals surface area (Å²) in [5.41, 5.74) is 12.5. The van der Waals surface area contributed by atoms with Crippen molar-refractivity contribution >= 4 is 23.5 Å². The molecule has 1 saturated carbocycles. The molecule has 7 heteroatoms. The minimum Gasteiger partial charge on any atom is -0.382 e. The molecular weight excluding hydrogens is 434 g/mol. The number of nitrogens with zero attached hydrogens (tertiary/aromatic N) is 2. The van der Waals surface area contributed by atoms with Gasteiger partial charge in [-0.15, -0.1) is 0 Å². The van der Waals surface area contributed by atoms with Crippen LogP contribution in [-0.4, -0.2) is 54.3 Å². The lowest BCUT2D eigenvalue weighted by atomic mass is 9.83. The highest BCUT2D eigenvalue weighted by Crippen LogP contribution is 2.37. The molecule has 5 rings (SSSR count). The second-order valence-corrected chi connectivity index (χ2v) is 9.52. The molecule has 1 aliphatic heterocycles. The predicted octanol–water partition coefficient (Wildman–Crippen LogP) is 4.67. The zero-order valence-corrected chi connectivity index (χ0v) is 20.1. The highest BCUT2D eigenvalue weighted by Gasteiger charge is 2.29. The first-order valence-corrected chi connectivity index (χ1v) is 12.6. The Hall–Kier alpha value is -3.42. The summed E-state index contributed by atoms with van der Waals surface area (Å²) in [7, 11) is 0. The summed E-state index contributed by atoms with van der Waals surface area (Å²) in [6.07, 6.45) is 5.83. The van der Waals surface area contributed by atoms with Gasteiger partial charge in [-0.2, -0.15) is 0 Å². The molecule has 0 atom stereocenters. The van der Waals surface area contributed by atoms with E-state index in [1.54, 1.807) is 0 Å². The van der Waals surface area contributed by atoms with Crippen LogP contribution in [0.15, 0.2) is 65.7 Å². The number of H-pyrrole nitrogens is 1. The molecule has 7 nitrogen and oxygen atoms in total. The third kappa shape index (κ3) is 5.47. The van der Waals surface area contributed by atoms with E-state index in [-0.39, 0.29) is 0 Å². The van der Waals surface area contributed by atoms with Gasteiger partial charge in [0.2, 0.25) is 0 Å². The van der Waals surface area contributed by atoms with Crippen molar-refractivity contribution in [2.24, 2.45) is 10.7 Å². The van der Waals surface area contributed by atoms with Gasteiger partial charge < -0.3 is 21.4 Å². The van der Waals surface area contributed by atoms with Gasteiger partial charge in [-0.1, -0.05) is 30.3 Å². The van der Waals surface area contributed by atoms with Gasteiger partial charge >= 0.3 is 0 Å². The summed E-state index contributed by atoms with van der Waals surface area (Å²) in [6.45, 7) is 4.54. The summed E-state index contributed by atoms with van der Waals surface area (Å²) in [5, 5.41) is 14.3. The monoisotopic (exact) mass is 469 g/mol. The number of amidine groups is 1. The van der Waals surface area contributed by atoms with Crippen LogP contribution in [0.1, 0.15) is 43.0 Å². The number of piperazine rings is 1. The van der Waals surface area contributed by atoms with E-state index < -0.39 is 0 Å². The van der Waals surface area contributed by atoms with Crippen LogP contribution in [0.25, 0.3) is 11.1 Å². The zero-order chi connectivity index (χ0) is 24.0. The van der Waals surface area contributed by atoms with Gasteiger partial charge in [0.15, 0.2) is 0 Å². The fourth-order valence-corrected chi connectivity index (χ4v) is 5.48. The van der Waals surface area contributed by atoms with E-state index in [9.17, 15) is 0 Å². The first-order valence-electron chi connectivity index (χ1n) is 12.6. The van der Waals surface area contributed by atoms with Crippen molar-refractivity contribution in [3.05, 3.63) is 72.1 Å². The fraction of sp³-hybridized carbons (Fsp3) is 0.357. The van der Waals surface area contributed by atoms with Crippen LogP contribution >= 0.6 is 0 Å². The number of nitrogens with two attached hydrogens (primary N) is 1. The Morgan fingerprint density at radius 2 is 1.66 bits per heavy atom. The first kappa shape index (κ1) is 23.3. The molecule has 2 heterocycles. The maximum absolute atomic E-state index is 7.39. The smallest absolute Gasteiger partial charge is 0.149 e. The molecule has 35 heavy (non-hydrogen) atoms. The Morgan fingerprint density at radius 1 is 0.971 bits per heavy atom. The highest BCUT2D eigenvalue weighted by atomic mass is 15.2. The van der Waals surface area contributed by atoms with Crippen LogP contribution in [-0.2, 0) is 0 Å². The van der Waals surface area contributed by atoms with Crippen LogP contribution in [0.4, 0.5) is 11.4 Å². The third-order valence-electron chi connectivity index (χ3n) is 7.36. The maximum atomic E-state index is 7.39. The van der Waals surface area contributed by atoms with Crippen LogP contribution < -0.4 is 16.4 Å². The Bertz CT molecular complexity index is 1140. The number of aliphatic imine (C=N–C) groups is 1. The number of hydrogen-bond acceptors (Lipinski definition) is 4. The van der Waals surface area contributed by atoms with Crippen LogP contribution in [0.2, 0.25) is 0 Å². The van der Waals surface area contributed by atoms with E-state index in [4.69, 9.17) is 11.1 Å². The van der Waals surface area contributed by atoms with Crippen LogP contribution in [0.3, 0.4) is 0 Å². The highest BCUT2D eigenvalue weighted by molar-refractivity contribution is 6.05. The van der Waals surface area contributed by atoms with Crippen molar-refractivity contribution in [1.29, 1.82) is 5.41 Å². The van der Waals surface area contributed by atoms with E-state index in [1.807, 2.05) is 18.2 Å². The lowest BCUT2D eigenvalue weighted by molar-refractivity contribution is 0.132. The van der Waals surface area contributed by atoms with Crippen molar-refractivity contribution in [3.8, 4) is 11.1 Å². The fourth-order valence-electron chi connectivity index (χ4n) is 5.48. The zero-order valence-electron chi connectivity index (χ0n) is 20.1. The Kier molecular flexibility index (Phi) is 7.25. The van der Waals surface area contributed by atoms with Gasteiger partial charge in [-0.3, -0.25) is 10.3 Å². The number of anilines is 2. The average Bonchev–Trinajstić information content (AvgIpc) is 3.36. The van der Waals surface area contributed by atoms with Crippen LogP contribution in [0.5, 0.6) is 0 Å². The quantitative estimate of drug-likeness (QED) is 0.256. The molecule has 2 aliphatic rings. The number of benzene rings is 2. The SMILES string of the molecule is N=CN=C(N)c1[nH]c(C2CCC(N3CCNCC3)CC2)cc1-c1ccc(Nc2ccccc2)cc1. The Morgan fingerprint density at radius 3 is 2.34 bits per heavy atom. The van der Waals surface area contributed by atoms with Gasteiger partial charge in [0.25, 0.3) is 0 Å². The van der Waals surface area contributed by atoms with Crippen molar-refractivity contribution in [2.75, 3.05) is 31.5 Å². The number of nitrogens with one attached hydrogen (secondary N) is 4. The van der Waals surface area contributed by atoms with E-state index in [0.717, 1.165) is 60.7 Å². The molecule has 1 aliphatic carbocycles. The molecule has 0 radical (unpaired) electrons. The van der Waals surface area contributed by atoms with Gasteiger partial charge in [-0.25, -0.2) is 4.99 Å². The number of aromatic nitrogens is 1. The summed E-state index contributed by atoms with van der Waals surface area (Å²) in [6, 6.07) is 21.5. The van der Waals surface area contributed by atoms with Crippen molar-refractivity contribution < 1.29 is 0 Å². The maximum Gasteiger partial charge on any atom is 0.149 e. The lowest BCUT2D eigenvalue weighted by Crippen LogP contribution is -2.49. The molecule has 0 unspecified atom stereocenters. The standard InChI is InChI=1S/C28H35N7/c29-19-32-28(30)27-25(20-6-10-23(11-7-20)33-22-4-2-1-3-5-22)18-26(34-27)21-8-12-24(13-9-21)35-16-14-31-15-17-35/h1-7,10-11,18-19,21,24,31,33-34H,8-9,12-17H2,(H3,29,30,32). The second-order valence-electron chi connectivity index (χ2n) is 9.52. The summed E-state index contributed by atoms with van der Waals surface area (Å²) in [5.74, 6) is 0.843. The van der Waals surface area contributed by atoms with Crippen molar-refractivity contribution in [2.45, 2.75) is 37.6 Å². The Labute approximate surface area is 207 Å². The van der Waals surface area contributed by atoms with Crippen molar-refractivity contribution in [3.63, 3.8) is 0 Å². The third-order valence-corrected chi connectivity index (χ3v) is 7.36. The molecule has 0 amide bonds. The van der Waals surface area contributed by atoms with E-state index >= 15 is 0 Å². The summed E-state index contributed by atoms with van der Waals surface area (Å²) >= 11 is 0. The van der Waals surface area contributed by atoms with Crippen molar-refractivity contribution in [1.82, 2.24) is 15.2 Å². The molecule has 0 bridgehead atoms. The van der Waals surface area contributed by atoms with Gasteiger partial charge in [0, 0.05) is 54.9 Å². The van der Waals surface area contributed by atoms with E-state index in [0.29, 0.717) is 17.8 Å². The lowest BCUT2D eigenvalue weighted by Gasteiger charge is -2.39. The van der Waals surface area contributed by atoms with E-state index in [2.05, 4.69) is 68.0 Å². The molecule has 0 spiro atoms. The molecular formula is C28H35N7. The summed E-state index contributed by atoms with van der Waals surface area (Å²) in [4.78, 5) is 10.3. The largest absolute Gasteiger partial charge is 0.382 e. The number of para-hydroxylation sites is 1. The molecule has 3 aromatic rings. The van der Waals surface area contributed by atoms with E-state index in [1.165, 1.54) is 31.4 Å². The van der Waals surface area contributed by atoms with Gasteiger partial charge in [0.1, 0.15) is 12.2 Å². The number of rotatable bonds is 7. The normalized spacial score (nSPS) is 21.5. The second kappa shape index (κ2) is 10.9. The number of hydrogen-bond donors (Lipinski definition) is 5. The van der Waals surface area contributed by atoms with Crippen LogP contribution in [0, 0.1) is 5.41 Å². The first-order chi connectivity index (χ1) is 17.2. The molecule has 6 N–H and O–H groups in total. The molecule has 1 aromatic heterocycles. The molecule has 2 fully saturated rings. The minimum atomic E-state index is 0.349.